The van der Waals surface area contributed by atoms with Gasteiger partial charge in [0.1, 0.15) is 5.82 Å². The summed E-state index contributed by atoms with van der Waals surface area (Å²) in [6, 6.07) is 4.30. The van der Waals surface area contributed by atoms with E-state index in [0.717, 1.165) is 0 Å². The number of hydrogen-bond donors (Lipinski definition) is 0. The molecule has 1 aromatic heterocycles. The normalized spacial score (nSPS) is 10.4. The van der Waals surface area contributed by atoms with Gasteiger partial charge in [0, 0.05) is 11.6 Å². The lowest BCUT2D eigenvalue weighted by atomic mass is 10.1. The lowest BCUT2D eigenvalue weighted by molar-refractivity contribution is 0.0596. The number of esters is 1. The van der Waals surface area contributed by atoms with Crippen molar-refractivity contribution in [3.63, 3.8) is 0 Å². The van der Waals surface area contributed by atoms with Crippen LogP contribution in [0.3, 0.4) is 0 Å². The predicted octanol–water partition coefficient (Wildman–Crippen LogP) is 2.81. The molecule has 0 N–H and O–H groups in total. The van der Waals surface area contributed by atoms with Crippen molar-refractivity contribution >= 4 is 28.5 Å². The van der Waals surface area contributed by atoms with Crippen molar-refractivity contribution < 1.29 is 13.9 Å². The topological polar surface area (TPSA) is 39.2 Å². The molecule has 82 valence electrons. The van der Waals surface area contributed by atoms with Crippen LogP contribution in [0.2, 0.25) is 5.02 Å². The second kappa shape index (κ2) is 4.06. The number of aromatic nitrogens is 1. The Morgan fingerprint density at radius 1 is 1.50 bits per heavy atom. The summed E-state index contributed by atoms with van der Waals surface area (Å²) in [5.41, 5.74) is 0.314. The van der Waals surface area contributed by atoms with Crippen molar-refractivity contribution in [1.29, 1.82) is 0 Å². The van der Waals surface area contributed by atoms with Gasteiger partial charge in [-0.25, -0.2) is 9.18 Å². The Hall–Kier alpha value is -1.68. The third kappa shape index (κ3) is 1.72. The van der Waals surface area contributed by atoms with Gasteiger partial charge in [0.25, 0.3) is 0 Å². The van der Waals surface area contributed by atoms with Crippen molar-refractivity contribution in [1.82, 2.24) is 4.98 Å². The van der Waals surface area contributed by atoms with Crippen LogP contribution >= 0.6 is 11.6 Å². The first-order valence-electron chi connectivity index (χ1n) is 4.45. The van der Waals surface area contributed by atoms with E-state index >= 15 is 0 Å². The number of pyridine rings is 1. The number of ether oxygens (including phenoxy) is 1. The van der Waals surface area contributed by atoms with Crippen LogP contribution in [0.25, 0.3) is 10.9 Å². The largest absolute Gasteiger partial charge is 0.465 e. The van der Waals surface area contributed by atoms with Crippen molar-refractivity contribution in [2.24, 2.45) is 0 Å². The molecule has 0 saturated carbocycles. The van der Waals surface area contributed by atoms with Crippen LogP contribution in [0.1, 0.15) is 10.4 Å². The maximum Gasteiger partial charge on any atom is 0.340 e. The standard InChI is InChI=1S/C11H7ClFNO2/c1-16-11(15)7-2-3-9-8(10(7)13)4-6(12)5-14-9/h2-5H,1H3. The third-order valence-electron chi connectivity index (χ3n) is 2.17. The van der Waals surface area contributed by atoms with Crippen molar-refractivity contribution in [2.45, 2.75) is 0 Å². The molecule has 0 aliphatic heterocycles. The van der Waals surface area contributed by atoms with Gasteiger partial charge in [-0.3, -0.25) is 4.98 Å². The highest BCUT2D eigenvalue weighted by Crippen LogP contribution is 2.22. The number of fused-ring (bicyclic) bond motifs is 1. The summed E-state index contributed by atoms with van der Waals surface area (Å²) in [4.78, 5) is 15.2. The fourth-order valence-electron chi connectivity index (χ4n) is 1.41. The molecule has 0 spiro atoms. The van der Waals surface area contributed by atoms with Crippen LogP contribution < -0.4 is 0 Å². The number of carbonyl (C=O) groups is 1. The van der Waals surface area contributed by atoms with Gasteiger partial charge in [-0.1, -0.05) is 11.6 Å². The number of carbonyl (C=O) groups excluding carboxylic acids is 1. The highest BCUT2D eigenvalue weighted by Gasteiger charge is 2.15. The molecule has 0 bridgehead atoms. The van der Waals surface area contributed by atoms with E-state index in [4.69, 9.17) is 11.6 Å². The molecule has 0 fully saturated rings. The number of benzene rings is 1. The minimum absolute atomic E-state index is 0.126. The van der Waals surface area contributed by atoms with Gasteiger partial charge < -0.3 is 4.74 Å². The summed E-state index contributed by atoms with van der Waals surface area (Å²) < 4.78 is 18.4. The van der Waals surface area contributed by atoms with E-state index in [0.29, 0.717) is 10.5 Å². The van der Waals surface area contributed by atoms with Crippen molar-refractivity contribution in [3.05, 3.63) is 40.8 Å². The zero-order valence-corrected chi connectivity index (χ0v) is 9.08. The van der Waals surface area contributed by atoms with E-state index in [2.05, 4.69) is 9.72 Å². The molecular weight excluding hydrogens is 233 g/mol. The summed E-state index contributed by atoms with van der Waals surface area (Å²) in [6.45, 7) is 0. The van der Waals surface area contributed by atoms with Crippen LogP contribution in [0.4, 0.5) is 4.39 Å². The first kappa shape index (κ1) is 10.8. The maximum absolute atomic E-state index is 13.9. The number of nitrogens with zero attached hydrogens (tertiary/aromatic N) is 1. The molecular formula is C11H7ClFNO2. The summed E-state index contributed by atoms with van der Waals surface area (Å²) in [7, 11) is 1.20. The van der Waals surface area contributed by atoms with Gasteiger partial charge in [-0.15, -0.1) is 0 Å². The molecule has 2 aromatic rings. The Bertz CT molecular complexity index is 571. The first-order chi connectivity index (χ1) is 7.63. The molecule has 0 saturated heterocycles. The monoisotopic (exact) mass is 239 g/mol. The Labute approximate surface area is 95.8 Å². The number of hydrogen-bond acceptors (Lipinski definition) is 3. The molecule has 0 radical (unpaired) electrons. The molecule has 0 atom stereocenters. The van der Waals surface area contributed by atoms with Crippen LogP contribution in [0.15, 0.2) is 24.4 Å². The highest BCUT2D eigenvalue weighted by molar-refractivity contribution is 6.31. The summed E-state index contributed by atoms with van der Waals surface area (Å²) in [5, 5.41) is 0.517. The van der Waals surface area contributed by atoms with Gasteiger partial charge in [0.2, 0.25) is 0 Å². The van der Waals surface area contributed by atoms with Gasteiger partial charge in [0.15, 0.2) is 0 Å². The van der Waals surface area contributed by atoms with Gasteiger partial charge in [-0.05, 0) is 18.2 Å². The summed E-state index contributed by atoms with van der Waals surface area (Å²) in [5.74, 6) is -1.39. The highest BCUT2D eigenvalue weighted by atomic mass is 35.5. The molecule has 3 nitrogen and oxygen atoms in total. The average molecular weight is 240 g/mol. The van der Waals surface area contributed by atoms with Crippen LogP contribution in [0, 0.1) is 5.82 Å². The maximum atomic E-state index is 13.9. The molecule has 5 heteroatoms. The van der Waals surface area contributed by atoms with E-state index in [1.54, 1.807) is 6.07 Å². The summed E-state index contributed by atoms with van der Waals surface area (Å²) in [6.07, 6.45) is 1.42. The molecule has 0 unspecified atom stereocenters. The Kier molecular flexibility index (Phi) is 2.75. The molecule has 1 heterocycles. The average Bonchev–Trinajstić information content (AvgIpc) is 2.29. The summed E-state index contributed by atoms with van der Waals surface area (Å²) >= 11 is 5.71. The zero-order valence-electron chi connectivity index (χ0n) is 8.33. The van der Waals surface area contributed by atoms with E-state index in [-0.39, 0.29) is 10.9 Å². The van der Waals surface area contributed by atoms with Crippen LogP contribution in [-0.2, 0) is 4.74 Å². The molecule has 0 aliphatic carbocycles. The van der Waals surface area contributed by atoms with Crippen LogP contribution in [-0.4, -0.2) is 18.1 Å². The molecule has 1 aromatic carbocycles. The number of halogens is 2. The Balaban J connectivity index is 2.72. The second-order valence-electron chi connectivity index (χ2n) is 3.14. The minimum atomic E-state index is -0.723. The quantitative estimate of drug-likeness (QED) is 0.719. The van der Waals surface area contributed by atoms with Gasteiger partial charge in [0.05, 0.1) is 23.2 Å². The van der Waals surface area contributed by atoms with Crippen molar-refractivity contribution in [3.8, 4) is 0 Å². The third-order valence-corrected chi connectivity index (χ3v) is 2.38. The minimum Gasteiger partial charge on any atom is -0.465 e. The fourth-order valence-corrected chi connectivity index (χ4v) is 1.56. The van der Waals surface area contributed by atoms with Crippen LogP contribution in [0.5, 0.6) is 0 Å². The SMILES string of the molecule is COC(=O)c1ccc2ncc(Cl)cc2c1F. The van der Waals surface area contributed by atoms with E-state index < -0.39 is 11.8 Å². The zero-order chi connectivity index (χ0) is 11.7. The fraction of sp³-hybridized carbons (Fsp3) is 0.0909. The van der Waals surface area contributed by atoms with E-state index in [9.17, 15) is 9.18 Å². The Morgan fingerprint density at radius 2 is 2.25 bits per heavy atom. The van der Waals surface area contributed by atoms with E-state index in [1.165, 1.54) is 25.4 Å². The number of rotatable bonds is 1. The predicted molar refractivity (Wildman–Crippen MR) is 58.1 cm³/mol. The number of methoxy groups -OCH3 is 1. The van der Waals surface area contributed by atoms with Crippen molar-refractivity contribution in [2.75, 3.05) is 7.11 Å². The second-order valence-corrected chi connectivity index (χ2v) is 3.58. The van der Waals surface area contributed by atoms with Gasteiger partial charge in [-0.2, -0.15) is 0 Å². The first-order valence-corrected chi connectivity index (χ1v) is 4.83. The van der Waals surface area contributed by atoms with Gasteiger partial charge >= 0.3 is 5.97 Å². The molecule has 2 rings (SSSR count). The lowest BCUT2D eigenvalue weighted by Crippen LogP contribution is -2.04. The Morgan fingerprint density at radius 3 is 2.94 bits per heavy atom. The van der Waals surface area contributed by atoms with E-state index in [1.807, 2.05) is 0 Å². The molecule has 0 aliphatic rings. The smallest absolute Gasteiger partial charge is 0.340 e. The molecule has 0 amide bonds. The molecule has 16 heavy (non-hydrogen) atoms. The lowest BCUT2D eigenvalue weighted by Gasteiger charge is -2.04.